The molecule has 0 bridgehead atoms. The number of aliphatic hydroxyl groups excluding tert-OH is 1. The normalized spacial score (nSPS) is 13.3. The van der Waals surface area contributed by atoms with E-state index < -0.39 is 0 Å². The molecular weight excluding hydrogens is 314 g/mol. The summed E-state index contributed by atoms with van der Waals surface area (Å²) in [4.78, 5) is 17.0. The lowest BCUT2D eigenvalue weighted by Crippen LogP contribution is -2.42. The maximum Gasteiger partial charge on any atom is 0.315 e. The number of amides is 2. The summed E-state index contributed by atoms with van der Waals surface area (Å²) < 4.78 is 0. The van der Waals surface area contributed by atoms with Crippen molar-refractivity contribution in [3.63, 3.8) is 0 Å². The molecule has 25 heavy (non-hydrogen) atoms. The van der Waals surface area contributed by atoms with Gasteiger partial charge in [-0.2, -0.15) is 0 Å². The molecule has 0 radical (unpaired) electrons. The van der Waals surface area contributed by atoms with E-state index in [1.807, 2.05) is 49.4 Å². The first-order valence-corrected chi connectivity index (χ1v) is 8.67. The van der Waals surface area contributed by atoms with Gasteiger partial charge in [-0.1, -0.05) is 50.2 Å². The number of rotatable bonds is 7. The zero-order chi connectivity index (χ0) is 18.2. The van der Waals surface area contributed by atoms with Crippen LogP contribution in [0.25, 0.3) is 0 Å². The Bertz CT molecular complexity index is 674. The first kappa shape index (κ1) is 18.9. The second-order valence-corrected chi connectivity index (χ2v) is 6.52. The Morgan fingerprint density at radius 2 is 1.84 bits per heavy atom. The second kappa shape index (κ2) is 9.18. The van der Waals surface area contributed by atoms with Crippen LogP contribution < -0.4 is 10.6 Å². The Hall–Kier alpha value is -2.40. The van der Waals surface area contributed by atoms with Gasteiger partial charge in [-0.3, -0.25) is 4.98 Å². The van der Waals surface area contributed by atoms with Crippen molar-refractivity contribution in [3.8, 4) is 0 Å². The molecule has 0 saturated heterocycles. The van der Waals surface area contributed by atoms with E-state index in [1.54, 1.807) is 6.20 Å². The van der Waals surface area contributed by atoms with Gasteiger partial charge in [0.2, 0.25) is 0 Å². The summed E-state index contributed by atoms with van der Waals surface area (Å²) in [6, 6.07) is 12.9. The van der Waals surface area contributed by atoms with E-state index in [4.69, 9.17) is 0 Å². The number of aliphatic hydroxyl groups is 1. The minimum atomic E-state index is -0.258. The quantitative estimate of drug-likeness (QED) is 0.721. The molecule has 134 valence electrons. The van der Waals surface area contributed by atoms with E-state index in [-0.39, 0.29) is 30.6 Å². The van der Waals surface area contributed by atoms with Gasteiger partial charge in [0.1, 0.15) is 0 Å². The van der Waals surface area contributed by atoms with E-state index in [0.29, 0.717) is 6.42 Å². The maximum atomic E-state index is 12.6. The third-order valence-corrected chi connectivity index (χ3v) is 4.22. The van der Waals surface area contributed by atoms with Crippen LogP contribution in [0.3, 0.4) is 0 Å². The number of hydrogen-bond donors (Lipinski definition) is 3. The number of aryl methyl sites for hydroxylation is 1. The van der Waals surface area contributed by atoms with Crippen LogP contribution >= 0.6 is 0 Å². The van der Waals surface area contributed by atoms with Crippen molar-refractivity contribution in [2.45, 2.75) is 39.3 Å². The molecule has 2 atom stereocenters. The van der Waals surface area contributed by atoms with E-state index >= 15 is 0 Å². The van der Waals surface area contributed by atoms with Crippen LogP contribution in [0.2, 0.25) is 0 Å². The maximum absolute atomic E-state index is 12.6. The summed E-state index contributed by atoms with van der Waals surface area (Å²) in [5.41, 5.74) is 2.91. The summed E-state index contributed by atoms with van der Waals surface area (Å²) in [7, 11) is 0. The highest BCUT2D eigenvalue weighted by molar-refractivity contribution is 5.75. The fraction of sp³-hybridized carbons (Fsp3) is 0.400. The molecule has 0 aliphatic heterocycles. The van der Waals surface area contributed by atoms with E-state index in [9.17, 15) is 9.90 Å². The molecule has 1 aromatic heterocycles. The summed E-state index contributed by atoms with van der Waals surface area (Å²) in [6.45, 7) is 6.12. The predicted molar refractivity (Wildman–Crippen MR) is 99.1 cm³/mol. The predicted octanol–water partition coefficient (Wildman–Crippen LogP) is 3.51. The van der Waals surface area contributed by atoms with Crippen molar-refractivity contribution in [2.75, 3.05) is 6.61 Å². The van der Waals surface area contributed by atoms with E-state index in [1.165, 1.54) is 0 Å². The summed E-state index contributed by atoms with van der Waals surface area (Å²) in [5, 5.41) is 15.3. The molecule has 3 N–H and O–H groups in total. The van der Waals surface area contributed by atoms with Crippen molar-refractivity contribution in [1.29, 1.82) is 0 Å². The molecule has 0 aliphatic rings. The molecule has 1 unspecified atom stereocenters. The van der Waals surface area contributed by atoms with E-state index in [0.717, 1.165) is 16.8 Å². The molecule has 0 aliphatic carbocycles. The van der Waals surface area contributed by atoms with Crippen LogP contribution in [0.1, 0.15) is 49.2 Å². The Balaban J connectivity index is 2.11. The molecule has 0 spiro atoms. The average molecular weight is 341 g/mol. The first-order valence-electron chi connectivity index (χ1n) is 8.67. The van der Waals surface area contributed by atoms with Crippen LogP contribution in [0.5, 0.6) is 0 Å². The highest BCUT2D eigenvalue weighted by Gasteiger charge is 2.22. The minimum Gasteiger partial charge on any atom is -0.396 e. The molecule has 5 nitrogen and oxygen atoms in total. The SMILES string of the molecule is Cc1cccnc1C(NC(=O)N[C@H](CCO)c1ccccc1)C(C)C. The lowest BCUT2D eigenvalue weighted by molar-refractivity contribution is 0.222. The monoisotopic (exact) mass is 341 g/mol. The van der Waals surface area contributed by atoms with Gasteiger partial charge in [-0.05, 0) is 36.5 Å². The van der Waals surface area contributed by atoms with Crippen LogP contribution in [-0.4, -0.2) is 22.7 Å². The van der Waals surface area contributed by atoms with E-state index in [2.05, 4.69) is 29.5 Å². The zero-order valence-corrected chi connectivity index (χ0v) is 15.1. The lowest BCUT2D eigenvalue weighted by Gasteiger charge is -2.25. The van der Waals surface area contributed by atoms with Crippen LogP contribution in [0.15, 0.2) is 48.7 Å². The van der Waals surface area contributed by atoms with Crippen molar-refractivity contribution in [1.82, 2.24) is 15.6 Å². The number of benzene rings is 1. The smallest absolute Gasteiger partial charge is 0.315 e. The lowest BCUT2D eigenvalue weighted by atomic mass is 9.97. The summed E-state index contributed by atoms with van der Waals surface area (Å²) >= 11 is 0. The standard InChI is InChI=1S/C20H27N3O2/c1-14(2)18(19-15(3)8-7-12-21-19)23-20(25)22-17(11-13-24)16-9-5-4-6-10-16/h4-10,12,14,17-18,24H,11,13H2,1-3H3,(H2,22,23,25)/t17-,18?/m1/s1. The Morgan fingerprint density at radius 1 is 1.12 bits per heavy atom. The molecule has 0 saturated carbocycles. The fourth-order valence-electron chi connectivity index (χ4n) is 2.85. The number of urea groups is 1. The molecule has 2 rings (SSSR count). The van der Waals surface area contributed by atoms with Gasteiger partial charge in [0.05, 0.1) is 17.8 Å². The molecule has 1 aromatic carbocycles. The fourth-order valence-corrected chi connectivity index (χ4v) is 2.85. The average Bonchev–Trinajstić information content (AvgIpc) is 2.60. The number of carbonyl (C=O) groups excluding carboxylic acids is 1. The molecular formula is C20H27N3O2. The highest BCUT2D eigenvalue weighted by atomic mass is 16.3. The first-order chi connectivity index (χ1) is 12.0. The number of carbonyl (C=O) groups is 1. The third kappa shape index (κ3) is 5.29. The Labute approximate surface area is 149 Å². The van der Waals surface area contributed by atoms with Crippen LogP contribution in [-0.2, 0) is 0 Å². The van der Waals surface area contributed by atoms with Gasteiger partial charge in [0.15, 0.2) is 0 Å². The minimum absolute atomic E-state index is 0.00675. The van der Waals surface area contributed by atoms with Crippen LogP contribution in [0.4, 0.5) is 4.79 Å². The Kier molecular flexibility index (Phi) is 6.95. The van der Waals surface area contributed by atoms with Gasteiger partial charge in [0.25, 0.3) is 0 Å². The highest BCUT2D eigenvalue weighted by Crippen LogP contribution is 2.23. The molecule has 0 fully saturated rings. The summed E-state index contributed by atoms with van der Waals surface area (Å²) in [6.07, 6.45) is 2.21. The number of aromatic nitrogens is 1. The van der Waals surface area contributed by atoms with Gasteiger partial charge < -0.3 is 15.7 Å². The number of pyridine rings is 1. The zero-order valence-electron chi connectivity index (χ0n) is 15.1. The van der Waals surface area contributed by atoms with Gasteiger partial charge in [-0.15, -0.1) is 0 Å². The van der Waals surface area contributed by atoms with Gasteiger partial charge >= 0.3 is 6.03 Å². The Morgan fingerprint density at radius 3 is 2.44 bits per heavy atom. The molecule has 2 amide bonds. The van der Waals surface area contributed by atoms with Crippen molar-refractivity contribution >= 4 is 6.03 Å². The van der Waals surface area contributed by atoms with Crippen LogP contribution in [0, 0.1) is 12.8 Å². The van der Waals surface area contributed by atoms with Crippen molar-refractivity contribution in [2.24, 2.45) is 5.92 Å². The van der Waals surface area contributed by atoms with Crippen molar-refractivity contribution in [3.05, 3.63) is 65.5 Å². The second-order valence-electron chi connectivity index (χ2n) is 6.52. The van der Waals surface area contributed by atoms with Gasteiger partial charge in [-0.25, -0.2) is 4.79 Å². The number of nitrogens with one attached hydrogen (secondary N) is 2. The largest absolute Gasteiger partial charge is 0.396 e. The summed E-state index contributed by atoms with van der Waals surface area (Å²) in [5.74, 6) is 0.201. The van der Waals surface area contributed by atoms with Gasteiger partial charge in [0, 0.05) is 12.8 Å². The molecule has 5 heteroatoms. The molecule has 1 heterocycles. The number of hydrogen-bond acceptors (Lipinski definition) is 3. The number of nitrogens with zero attached hydrogens (tertiary/aromatic N) is 1. The van der Waals surface area contributed by atoms with Crippen molar-refractivity contribution < 1.29 is 9.90 Å². The third-order valence-electron chi connectivity index (χ3n) is 4.22. The molecule has 2 aromatic rings. The topological polar surface area (TPSA) is 74.2 Å².